The maximum absolute atomic E-state index is 11.8. The van der Waals surface area contributed by atoms with Crippen LogP contribution in [0.4, 0.5) is 0 Å². The van der Waals surface area contributed by atoms with Crippen LogP contribution < -0.4 is 4.74 Å². The minimum Gasteiger partial charge on any atom is -0.506 e. The van der Waals surface area contributed by atoms with Crippen molar-refractivity contribution in [1.82, 2.24) is 0 Å². The fourth-order valence-electron chi connectivity index (χ4n) is 2.45. The monoisotopic (exact) mass is 286 g/mol. The van der Waals surface area contributed by atoms with E-state index in [1.54, 1.807) is 14.0 Å². The summed E-state index contributed by atoms with van der Waals surface area (Å²) in [5, 5.41) is 10.5. The van der Waals surface area contributed by atoms with E-state index >= 15 is 0 Å². The van der Waals surface area contributed by atoms with E-state index in [1.165, 1.54) is 7.11 Å². The highest BCUT2D eigenvalue weighted by Gasteiger charge is 2.21. The SMILES string of the molecule is COC(=O)c1c(C)cc(C)c(-c2ccc(OC)cc2)c1O. The number of aromatic hydroxyl groups is 1. The molecule has 0 radical (unpaired) electrons. The summed E-state index contributed by atoms with van der Waals surface area (Å²) in [6, 6.07) is 9.18. The Balaban J connectivity index is 2.64. The van der Waals surface area contributed by atoms with Crippen LogP contribution in [0.3, 0.4) is 0 Å². The van der Waals surface area contributed by atoms with E-state index < -0.39 is 5.97 Å². The predicted octanol–water partition coefficient (Wildman–Crippen LogP) is 3.47. The van der Waals surface area contributed by atoms with Gasteiger partial charge in [0.1, 0.15) is 17.1 Å². The zero-order chi connectivity index (χ0) is 15.6. The first-order chi connectivity index (χ1) is 9.99. The first-order valence-corrected chi connectivity index (χ1v) is 6.55. The second kappa shape index (κ2) is 5.87. The fourth-order valence-corrected chi connectivity index (χ4v) is 2.45. The number of esters is 1. The van der Waals surface area contributed by atoms with Gasteiger partial charge < -0.3 is 14.6 Å². The molecule has 2 aromatic carbocycles. The Morgan fingerprint density at radius 2 is 1.67 bits per heavy atom. The minimum absolute atomic E-state index is 0.0514. The van der Waals surface area contributed by atoms with Crippen molar-refractivity contribution in [3.05, 3.63) is 47.0 Å². The van der Waals surface area contributed by atoms with Crippen molar-refractivity contribution < 1.29 is 19.4 Å². The lowest BCUT2D eigenvalue weighted by atomic mass is 9.93. The molecule has 0 atom stereocenters. The number of aryl methyl sites for hydroxylation is 2. The molecule has 0 spiro atoms. The van der Waals surface area contributed by atoms with Gasteiger partial charge in [0.25, 0.3) is 0 Å². The van der Waals surface area contributed by atoms with Crippen LogP contribution >= 0.6 is 0 Å². The number of hydrogen-bond donors (Lipinski definition) is 1. The molecule has 2 rings (SSSR count). The van der Waals surface area contributed by atoms with Crippen molar-refractivity contribution in [3.8, 4) is 22.6 Å². The van der Waals surface area contributed by atoms with Gasteiger partial charge in [-0.1, -0.05) is 18.2 Å². The van der Waals surface area contributed by atoms with Crippen LogP contribution in [0.25, 0.3) is 11.1 Å². The molecule has 0 aliphatic rings. The van der Waals surface area contributed by atoms with Crippen LogP contribution in [0.2, 0.25) is 0 Å². The van der Waals surface area contributed by atoms with Gasteiger partial charge in [0.15, 0.2) is 0 Å². The summed E-state index contributed by atoms with van der Waals surface area (Å²) in [5.74, 6) is 0.139. The molecule has 110 valence electrons. The summed E-state index contributed by atoms with van der Waals surface area (Å²) in [4.78, 5) is 11.8. The number of methoxy groups -OCH3 is 2. The zero-order valence-corrected chi connectivity index (χ0v) is 12.6. The van der Waals surface area contributed by atoms with Crippen molar-refractivity contribution in [2.24, 2.45) is 0 Å². The Kier molecular flexibility index (Phi) is 4.17. The summed E-state index contributed by atoms with van der Waals surface area (Å²) in [6.45, 7) is 3.67. The summed E-state index contributed by atoms with van der Waals surface area (Å²) >= 11 is 0. The Morgan fingerprint density at radius 1 is 1.05 bits per heavy atom. The van der Waals surface area contributed by atoms with Crippen LogP contribution in [0, 0.1) is 13.8 Å². The molecule has 0 amide bonds. The molecule has 0 aliphatic heterocycles. The van der Waals surface area contributed by atoms with Crippen LogP contribution in [-0.4, -0.2) is 25.3 Å². The van der Waals surface area contributed by atoms with Gasteiger partial charge in [-0.2, -0.15) is 0 Å². The molecule has 0 unspecified atom stereocenters. The Hall–Kier alpha value is -2.49. The third-order valence-corrected chi connectivity index (χ3v) is 3.46. The smallest absolute Gasteiger partial charge is 0.341 e. The fraction of sp³-hybridized carbons (Fsp3) is 0.235. The Morgan fingerprint density at radius 3 is 2.19 bits per heavy atom. The number of hydrogen-bond acceptors (Lipinski definition) is 4. The molecule has 0 bridgehead atoms. The van der Waals surface area contributed by atoms with Crippen molar-refractivity contribution in [2.75, 3.05) is 14.2 Å². The lowest BCUT2D eigenvalue weighted by molar-refractivity contribution is 0.0596. The molecule has 21 heavy (non-hydrogen) atoms. The zero-order valence-electron chi connectivity index (χ0n) is 12.6. The largest absolute Gasteiger partial charge is 0.506 e. The molecular weight excluding hydrogens is 268 g/mol. The molecule has 0 aromatic heterocycles. The molecular formula is C17H18O4. The Bertz CT molecular complexity index is 672. The third kappa shape index (κ3) is 2.70. The average molecular weight is 286 g/mol. The van der Waals surface area contributed by atoms with E-state index in [4.69, 9.17) is 9.47 Å². The second-order valence-electron chi connectivity index (χ2n) is 4.83. The number of carbonyl (C=O) groups excluding carboxylic acids is 1. The Labute approximate surface area is 123 Å². The van der Waals surface area contributed by atoms with Crippen molar-refractivity contribution in [1.29, 1.82) is 0 Å². The van der Waals surface area contributed by atoms with Gasteiger partial charge >= 0.3 is 5.97 Å². The molecule has 0 saturated heterocycles. The molecule has 0 aliphatic carbocycles. The van der Waals surface area contributed by atoms with E-state index in [0.29, 0.717) is 11.1 Å². The lowest BCUT2D eigenvalue weighted by Crippen LogP contribution is -2.06. The van der Waals surface area contributed by atoms with Crippen molar-refractivity contribution in [3.63, 3.8) is 0 Å². The lowest BCUT2D eigenvalue weighted by Gasteiger charge is -2.15. The number of carbonyl (C=O) groups is 1. The van der Waals surface area contributed by atoms with Crippen LogP contribution in [0.5, 0.6) is 11.5 Å². The van der Waals surface area contributed by atoms with Crippen molar-refractivity contribution in [2.45, 2.75) is 13.8 Å². The van der Waals surface area contributed by atoms with Gasteiger partial charge in [0, 0.05) is 5.56 Å². The first kappa shape index (κ1) is 14.9. The van der Waals surface area contributed by atoms with Gasteiger partial charge in [0.2, 0.25) is 0 Å². The van der Waals surface area contributed by atoms with Gasteiger partial charge in [0.05, 0.1) is 14.2 Å². The highest BCUT2D eigenvalue weighted by Crippen LogP contribution is 2.38. The summed E-state index contributed by atoms with van der Waals surface area (Å²) in [7, 11) is 2.90. The van der Waals surface area contributed by atoms with Crippen LogP contribution in [-0.2, 0) is 4.74 Å². The molecule has 2 aromatic rings. The number of ether oxygens (including phenoxy) is 2. The van der Waals surface area contributed by atoms with Crippen LogP contribution in [0.1, 0.15) is 21.5 Å². The number of phenols is 1. The summed E-state index contributed by atoms with van der Waals surface area (Å²) < 4.78 is 9.87. The van der Waals surface area contributed by atoms with E-state index in [-0.39, 0.29) is 11.3 Å². The quantitative estimate of drug-likeness (QED) is 0.878. The average Bonchev–Trinajstić information content (AvgIpc) is 2.47. The summed E-state index contributed by atoms with van der Waals surface area (Å²) in [5.41, 5.74) is 3.23. The topological polar surface area (TPSA) is 55.8 Å². The molecule has 1 N–H and O–H groups in total. The minimum atomic E-state index is -0.542. The normalized spacial score (nSPS) is 10.3. The second-order valence-corrected chi connectivity index (χ2v) is 4.83. The third-order valence-electron chi connectivity index (χ3n) is 3.46. The molecule has 4 heteroatoms. The summed E-state index contributed by atoms with van der Waals surface area (Å²) in [6.07, 6.45) is 0. The maximum Gasteiger partial charge on any atom is 0.341 e. The van der Waals surface area contributed by atoms with E-state index in [1.807, 2.05) is 37.3 Å². The molecule has 0 saturated carbocycles. The van der Waals surface area contributed by atoms with Gasteiger partial charge in [-0.25, -0.2) is 4.79 Å². The van der Waals surface area contributed by atoms with Gasteiger partial charge in [-0.15, -0.1) is 0 Å². The van der Waals surface area contributed by atoms with Gasteiger partial charge in [-0.3, -0.25) is 0 Å². The van der Waals surface area contributed by atoms with E-state index in [0.717, 1.165) is 16.9 Å². The van der Waals surface area contributed by atoms with Crippen LogP contribution in [0.15, 0.2) is 30.3 Å². The predicted molar refractivity (Wildman–Crippen MR) is 80.9 cm³/mol. The van der Waals surface area contributed by atoms with Crippen molar-refractivity contribution >= 4 is 5.97 Å². The maximum atomic E-state index is 11.8. The van der Waals surface area contributed by atoms with E-state index in [9.17, 15) is 9.90 Å². The molecule has 0 heterocycles. The number of phenolic OH excluding ortho intramolecular Hbond substituents is 1. The molecule has 4 nitrogen and oxygen atoms in total. The number of benzene rings is 2. The highest BCUT2D eigenvalue weighted by atomic mass is 16.5. The number of rotatable bonds is 3. The van der Waals surface area contributed by atoms with Gasteiger partial charge in [-0.05, 0) is 42.7 Å². The molecule has 0 fully saturated rings. The van der Waals surface area contributed by atoms with E-state index in [2.05, 4.69) is 0 Å². The highest BCUT2D eigenvalue weighted by molar-refractivity contribution is 5.97. The first-order valence-electron chi connectivity index (χ1n) is 6.55. The standard InChI is InChI=1S/C17H18O4/c1-10-9-11(2)15(17(19)21-4)16(18)14(10)12-5-7-13(20-3)8-6-12/h5-9,18H,1-4H3.